The highest BCUT2D eigenvalue weighted by Gasteiger charge is 2.18. The van der Waals surface area contributed by atoms with E-state index in [1.54, 1.807) is 0 Å². The number of nitrogens with zero attached hydrogens (tertiary/aromatic N) is 2. The fourth-order valence-corrected chi connectivity index (χ4v) is 3.91. The highest BCUT2D eigenvalue weighted by Crippen LogP contribution is 2.27. The predicted molar refractivity (Wildman–Crippen MR) is 79.0 cm³/mol. The summed E-state index contributed by atoms with van der Waals surface area (Å²) in [6, 6.07) is 0.648. The molecule has 1 N–H and O–H groups in total. The summed E-state index contributed by atoms with van der Waals surface area (Å²) >= 11 is 2.11. The number of hydrogen-bond donors (Lipinski definition) is 1. The number of thioether (sulfide) groups is 1. The zero-order valence-corrected chi connectivity index (χ0v) is 12.4. The Balaban J connectivity index is 1.76. The van der Waals surface area contributed by atoms with Gasteiger partial charge in [-0.05, 0) is 50.2 Å². The largest absolute Gasteiger partial charge is 0.338 e. The number of rotatable bonds is 6. The van der Waals surface area contributed by atoms with Crippen LogP contribution in [-0.4, -0.2) is 34.1 Å². The number of hydrogen-bond acceptors (Lipinski definition) is 3. The first-order chi connectivity index (χ1) is 8.79. The fourth-order valence-electron chi connectivity index (χ4n) is 2.71. The Labute approximate surface area is 115 Å². The van der Waals surface area contributed by atoms with Gasteiger partial charge >= 0.3 is 0 Å². The molecular weight excluding hydrogens is 242 g/mol. The molecule has 1 saturated heterocycles. The van der Waals surface area contributed by atoms with Crippen LogP contribution < -0.4 is 5.32 Å². The molecule has 4 heteroatoms. The average molecular weight is 267 g/mol. The minimum atomic E-state index is 0.648. The van der Waals surface area contributed by atoms with Crippen LogP contribution in [0.4, 0.5) is 0 Å². The van der Waals surface area contributed by atoms with Crippen molar-refractivity contribution in [3.8, 4) is 0 Å². The summed E-state index contributed by atoms with van der Waals surface area (Å²) in [7, 11) is 4.18. The van der Waals surface area contributed by atoms with E-state index in [0.717, 1.165) is 12.3 Å². The maximum Gasteiger partial charge on any atom is 0.108 e. The van der Waals surface area contributed by atoms with Crippen molar-refractivity contribution in [2.45, 2.75) is 38.1 Å². The minimum absolute atomic E-state index is 0.648. The normalized spacial score (nSPS) is 19.0. The minimum Gasteiger partial charge on any atom is -0.338 e. The second-order valence-corrected chi connectivity index (χ2v) is 6.49. The van der Waals surface area contributed by atoms with Gasteiger partial charge < -0.3 is 9.88 Å². The monoisotopic (exact) mass is 267 g/mol. The summed E-state index contributed by atoms with van der Waals surface area (Å²) in [6.45, 7) is 0. The lowest BCUT2D eigenvalue weighted by atomic mass is 9.92. The summed E-state index contributed by atoms with van der Waals surface area (Å²) in [5.74, 6) is 4.86. The molecule has 0 spiro atoms. The Morgan fingerprint density at radius 3 is 2.89 bits per heavy atom. The number of nitrogens with one attached hydrogen (secondary N) is 1. The fraction of sp³-hybridized carbons (Fsp3) is 0.786. The molecule has 1 aliphatic rings. The summed E-state index contributed by atoms with van der Waals surface area (Å²) < 4.78 is 2.13. The van der Waals surface area contributed by atoms with E-state index in [4.69, 9.17) is 0 Å². The molecule has 1 fully saturated rings. The molecule has 18 heavy (non-hydrogen) atoms. The molecule has 1 aliphatic heterocycles. The maximum absolute atomic E-state index is 4.40. The van der Waals surface area contributed by atoms with Gasteiger partial charge in [-0.1, -0.05) is 0 Å². The lowest BCUT2D eigenvalue weighted by Gasteiger charge is -2.26. The van der Waals surface area contributed by atoms with Crippen LogP contribution in [0.15, 0.2) is 12.4 Å². The third-order valence-electron chi connectivity index (χ3n) is 4.00. The van der Waals surface area contributed by atoms with E-state index in [1.807, 2.05) is 12.4 Å². The highest BCUT2D eigenvalue weighted by atomic mass is 32.2. The van der Waals surface area contributed by atoms with Crippen LogP contribution in [0.1, 0.15) is 31.5 Å². The second kappa shape index (κ2) is 7.19. The van der Waals surface area contributed by atoms with Crippen LogP contribution in [0.25, 0.3) is 0 Å². The second-order valence-electron chi connectivity index (χ2n) is 5.27. The van der Waals surface area contributed by atoms with E-state index in [0.29, 0.717) is 6.04 Å². The topological polar surface area (TPSA) is 29.9 Å². The Morgan fingerprint density at radius 2 is 2.28 bits per heavy atom. The molecule has 102 valence electrons. The van der Waals surface area contributed by atoms with Crippen molar-refractivity contribution in [2.24, 2.45) is 13.0 Å². The van der Waals surface area contributed by atoms with Crippen LogP contribution in [0, 0.1) is 5.92 Å². The molecule has 0 amide bonds. The van der Waals surface area contributed by atoms with Gasteiger partial charge in [0.25, 0.3) is 0 Å². The molecule has 1 aromatic heterocycles. The summed E-state index contributed by atoms with van der Waals surface area (Å²) in [6.07, 6.45) is 10.4. The Bertz CT molecular complexity index is 345. The number of imidazole rings is 1. The molecular formula is C14H25N3S. The van der Waals surface area contributed by atoms with Crippen LogP contribution >= 0.6 is 11.8 Å². The van der Waals surface area contributed by atoms with Gasteiger partial charge in [0.1, 0.15) is 5.82 Å². The van der Waals surface area contributed by atoms with Crippen molar-refractivity contribution < 1.29 is 0 Å². The van der Waals surface area contributed by atoms with E-state index in [1.165, 1.54) is 43.0 Å². The third kappa shape index (κ3) is 4.02. The van der Waals surface area contributed by atoms with Crippen LogP contribution in [0.2, 0.25) is 0 Å². The molecule has 2 rings (SSSR count). The van der Waals surface area contributed by atoms with Crippen molar-refractivity contribution >= 4 is 11.8 Å². The highest BCUT2D eigenvalue weighted by molar-refractivity contribution is 7.99. The van der Waals surface area contributed by atoms with Gasteiger partial charge in [-0.15, -0.1) is 0 Å². The van der Waals surface area contributed by atoms with Gasteiger partial charge in [0, 0.05) is 31.9 Å². The number of aromatic nitrogens is 2. The zero-order valence-electron chi connectivity index (χ0n) is 11.6. The van der Waals surface area contributed by atoms with Crippen LogP contribution in [0.3, 0.4) is 0 Å². The Hall–Kier alpha value is -0.480. The van der Waals surface area contributed by atoms with Crippen molar-refractivity contribution in [2.75, 3.05) is 18.6 Å². The molecule has 2 heterocycles. The quantitative estimate of drug-likeness (QED) is 0.859. The van der Waals surface area contributed by atoms with E-state index in [-0.39, 0.29) is 0 Å². The molecule has 0 aromatic carbocycles. The van der Waals surface area contributed by atoms with Gasteiger partial charge in [0.05, 0.1) is 0 Å². The molecule has 0 bridgehead atoms. The predicted octanol–water partition coefficient (Wildman–Crippen LogP) is 2.47. The van der Waals surface area contributed by atoms with Crippen LogP contribution in [0.5, 0.6) is 0 Å². The molecule has 1 atom stereocenters. The molecule has 1 aromatic rings. The molecule has 1 unspecified atom stereocenters. The zero-order chi connectivity index (χ0) is 12.8. The summed E-state index contributed by atoms with van der Waals surface area (Å²) in [5.41, 5.74) is 0. The summed E-state index contributed by atoms with van der Waals surface area (Å²) in [4.78, 5) is 4.40. The lowest BCUT2D eigenvalue weighted by molar-refractivity contribution is 0.363. The summed E-state index contributed by atoms with van der Waals surface area (Å²) in [5, 5.41) is 3.49. The third-order valence-corrected chi connectivity index (χ3v) is 5.05. The Kier molecular flexibility index (Phi) is 5.57. The first kappa shape index (κ1) is 13.9. The van der Waals surface area contributed by atoms with Gasteiger partial charge in [-0.2, -0.15) is 11.8 Å². The van der Waals surface area contributed by atoms with Crippen LogP contribution in [-0.2, 0) is 13.5 Å². The first-order valence-electron chi connectivity index (χ1n) is 7.00. The van der Waals surface area contributed by atoms with E-state index >= 15 is 0 Å². The molecule has 0 radical (unpaired) electrons. The molecule has 0 aliphatic carbocycles. The van der Waals surface area contributed by atoms with Crippen molar-refractivity contribution in [1.82, 2.24) is 14.9 Å². The number of aryl methyl sites for hydroxylation is 2. The molecule has 0 saturated carbocycles. The average Bonchev–Trinajstić information content (AvgIpc) is 2.81. The van der Waals surface area contributed by atoms with Gasteiger partial charge in [0.15, 0.2) is 0 Å². The maximum atomic E-state index is 4.40. The van der Waals surface area contributed by atoms with E-state index < -0.39 is 0 Å². The standard InChI is InChI=1S/C14H25N3S/c1-15-13(11-12-5-9-18-10-6-12)3-4-14-16-7-8-17(14)2/h7-8,12-13,15H,3-6,9-11H2,1-2H3. The van der Waals surface area contributed by atoms with Gasteiger partial charge in [0.2, 0.25) is 0 Å². The Morgan fingerprint density at radius 1 is 1.50 bits per heavy atom. The van der Waals surface area contributed by atoms with E-state index in [2.05, 4.69) is 40.7 Å². The van der Waals surface area contributed by atoms with Gasteiger partial charge in [-0.25, -0.2) is 4.98 Å². The SMILES string of the molecule is CNC(CCc1nccn1C)CC1CCSCC1. The van der Waals surface area contributed by atoms with Gasteiger partial charge in [-0.3, -0.25) is 0 Å². The first-order valence-corrected chi connectivity index (χ1v) is 8.16. The van der Waals surface area contributed by atoms with Crippen molar-refractivity contribution in [3.63, 3.8) is 0 Å². The van der Waals surface area contributed by atoms with Crippen molar-refractivity contribution in [3.05, 3.63) is 18.2 Å². The van der Waals surface area contributed by atoms with Crippen molar-refractivity contribution in [1.29, 1.82) is 0 Å². The van der Waals surface area contributed by atoms with E-state index in [9.17, 15) is 0 Å². The molecule has 3 nitrogen and oxygen atoms in total. The lowest BCUT2D eigenvalue weighted by Crippen LogP contribution is -2.30. The smallest absolute Gasteiger partial charge is 0.108 e.